The molecule has 3 aromatic rings. The number of amides is 1. The molecule has 1 aromatic carbocycles. The van der Waals surface area contributed by atoms with Crippen LogP contribution in [0.2, 0.25) is 5.02 Å². The summed E-state index contributed by atoms with van der Waals surface area (Å²) < 4.78 is 8.82. The molecule has 1 amide bonds. The van der Waals surface area contributed by atoms with E-state index in [9.17, 15) is 4.79 Å². The van der Waals surface area contributed by atoms with Gasteiger partial charge in [0.2, 0.25) is 0 Å². The number of hydrogen-bond acceptors (Lipinski definition) is 4. The van der Waals surface area contributed by atoms with E-state index in [2.05, 4.69) is 15.5 Å². The minimum Gasteiger partial charge on any atom is -0.462 e. The van der Waals surface area contributed by atoms with Crippen molar-refractivity contribution in [2.45, 2.75) is 20.0 Å². The number of carbonyl (C=O) groups excluding carboxylic acids is 1. The largest absolute Gasteiger partial charge is 0.462 e. The number of carbonyl (C=O) groups is 1. The zero-order chi connectivity index (χ0) is 18.0. The monoisotopic (exact) mass is 359 g/mol. The van der Waals surface area contributed by atoms with Crippen LogP contribution in [-0.4, -0.2) is 31.6 Å². The molecule has 2 aromatic heterocycles. The number of rotatable bonds is 5. The molecule has 130 valence electrons. The first-order valence-electron chi connectivity index (χ1n) is 7.73. The third-order valence-electron chi connectivity index (χ3n) is 3.57. The van der Waals surface area contributed by atoms with E-state index in [1.807, 2.05) is 37.3 Å². The maximum atomic E-state index is 12.3. The fourth-order valence-electron chi connectivity index (χ4n) is 2.31. The van der Waals surface area contributed by atoms with Crippen LogP contribution in [0.3, 0.4) is 0 Å². The van der Waals surface area contributed by atoms with Crippen molar-refractivity contribution in [1.82, 2.24) is 19.6 Å². The Morgan fingerprint density at radius 1 is 1.28 bits per heavy atom. The first kappa shape index (κ1) is 17.0. The zero-order valence-corrected chi connectivity index (χ0v) is 14.9. The molecule has 0 unspecified atom stereocenters. The fraction of sp³-hybridized carbons (Fsp3) is 0.235. The van der Waals surface area contributed by atoms with Crippen LogP contribution in [0.15, 0.2) is 42.6 Å². The minimum absolute atomic E-state index is 0.203. The molecule has 0 fully saturated rings. The van der Waals surface area contributed by atoms with Crippen LogP contribution in [-0.2, 0) is 11.8 Å². The lowest BCUT2D eigenvalue weighted by molar-refractivity contribution is -0.122. The van der Waals surface area contributed by atoms with Crippen LogP contribution < -0.4 is 10.1 Å². The predicted octanol–water partition coefficient (Wildman–Crippen LogP) is 2.97. The summed E-state index contributed by atoms with van der Waals surface area (Å²) >= 11 is 6.18. The summed E-state index contributed by atoms with van der Waals surface area (Å²) in [5.74, 6) is 0.488. The Morgan fingerprint density at radius 2 is 2.00 bits per heavy atom. The van der Waals surface area contributed by atoms with Gasteiger partial charge in [0.1, 0.15) is 10.8 Å². The molecule has 2 heterocycles. The molecule has 0 aliphatic heterocycles. The van der Waals surface area contributed by atoms with Gasteiger partial charge in [-0.1, -0.05) is 29.8 Å². The second-order valence-corrected chi connectivity index (χ2v) is 6.01. The SMILES string of the molecule is Cc1cc(NC(=O)[C@@H](C)Oc2nn(-c3ccccc3)cc2Cl)n(C)n1. The Balaban J connectivity index is 1.70. The first-order valence-corrected chi connectivity index (χ1v) is 8.10. The molecule has 3 rings (SSSR count). The van der Waals surface area contributed by atoms with Gasteiger partial charge in [0.05, 0.1) is 17.6 Å². The summed E-state index contributed by atoms with van der Waals surface area (Å²) in [5.41, 5.74) is 1.66. The van der Waals surface area contributed by atoms with Gasteiger partial charge in [0.15, 0.2) is 6.10 Å². The smallest absolute Gasteiger partial charge is 0.266 e. The van der Waals surface area contributed by atoms with E-state index in [-0.39, 0.29) is 11.8 Å². The van der Waals surface area contributed by atoms with Crippen LogP contribution >= 0.6 is 11.6 Å². The van der Waals surface area contributed by atoms with E-state index >= 15 is 0 Å². The number of halogens is 1. The molecule has 1 N–H and O–H groups in total. The minimum atomic E-state index is -0.771. The summed E-state index contributed by atoms with van der Waals surface area (Å²) in [7, 11) is 1.76. The highest BCUT2D eigenvalue weighted by Gasteiger charge is 2.20. The second-order valence-electron chi connectivity index (χ2n) is 5.61. The Bertz CT molecular complexity index is 888. The summed E-state index contributed by atoms with van der Waals surface area (Å²) in [6, 6.07) is 11.3. The van der Waals surface area contributed by atoms with Gasteiger partial charge >= 0.3 is 0 Å². The van der Waals surface area contributed by atoms with Gasteiger partial charge in [0, 0.05) is 13.1 Å². The molecular weight excluding hydrogens is 342 g/mol. The number of para-hydroxylation sites is 1. The maximum absolute atomic E-state index is 12.3. The van der Waals surface area contributed by atoms with Crippen LogP contribution in [0.4, 0.5) is 5.82 Å². The number of hydrogen-bond donors (Lipinski definition) is 1. The number of nitrogens with one attached hydrogen (secondary N) is 1. The molecule has 0 saturated carbocycles. The first-order chi connectivity index (χ1) is 11.9. The topological polar surface area (TPSA) is 74.0 Å². The number of nitrogens with zero attached hydrogens (tertiary/aromatic N) is 4. The molecule has 7 nitrogen and oxygen atoms in total. The molecule has 0 bridgehead atoms. The lowest BCUT2D eigenvalue weighted by atomic mass is 10.3. The number of benzene rings is 1. The van der Waals surface area contributed by atoms with Gasteiger partial charge in [0.25, 0.3) is 11.8 Å². The van der Waals surface area contributed by atoms with Crippen molar-refractivity contribution < 1.29 is 9.53 Å². The second kappa shape index (κ2) is 6.98. The quantitative estimate of drug-likeness (QED) is 0.760. The standard InChI is InChI=1S/C17H18ClN5O2/c1-11-9-15(22(3)20-11)19-16(24)12(2)25-17-14(18)10-23(21-17)13-7-5-4-6-8-13/h4-10,12H,1-3H3,(H,19,24)/t12-/m1/s1. The van der Waals surface area contributed by atoms with Crippen molar-refractivity contribution in [3.05, 3.63) is 53.3 Å². The molecule has 8 heteroatoms. The summed E-state index contributed by atoms with van der Waals surface area (Å²) in [5, 5.41) is 11.6. The van der Waals surface area contributed by atoms with Gasteiger partial charge in [-0.05, 0) is 26.0 Å². The van der Waals surface area contributed by atoms with Gasteiger partial charge in [-0.3, -0.25) is 9.48 Å². The Kier molecular flexibility index (Phi) is 4.76. The van der Waals surface area contributed by atoms with E-state index in [0.717, 1.165) is 11.4 Å². The average Bonchev–Trinajstić information content (AvgIpc) is 3.10. The molecule has 0 spiro atoms. The lowest BCUT2D eigenvalue weighted by Crippen LogP contribution is -2.31. The molecule has 0 aliphatic carbocycles. The van der Waals surface area contributed by atoms with E-state index in [1.54, 1.807) is 35.6 Å². The Hall–Kier alpha value is -2.80. The predicted molar refractivity (Wildman–Crippen MR) is 95.2 cm³/mol. The third kappa shape index (κ3) is 3.83. The summed E-state index contributed by atoms with van der Waals surface area (Å²) in [6.45, 7) is 3.49. The highest BCUT2D eigenvalue weighted by atomic mass is 35.5. The van der Waals surface area contributed by atoms with Crippen molar-refractivity contribution in [3.8, 4) is 11.6 Å². The van der Waals surface area contributed by atoms with Gasteiger partial charge in [-0.2, -0.15) is 5.10 Å². The van der Waals surface area contributed by atoms with E-state index in [4.69, 9.17) is 16.3 Å². The van der Waals surface area contributed by atoms with Crippen LogP contribution in [0, 0.1) is 6.92 Å². The van der Waals surface area contributed by atoms with Gasteiger partial charge < -0.3 is 10.1 Å². The van der Waals surface area contributed by atoms with Crippen molar-refractivity contribution in [1.29, 1.82) is 0 Å². The average molecular weight is 360 g/mol. The summed E-state index contributed by atoms with van der Waals surface area (Å²) in [6.07, 6.45) is 0.869. The van der Waals surface area contributed by atoms with E-state index < -0.39 is 6.10 Å². The lowest BCUT2D eigenvalue weighted by Gasteiger charge is -2.13. The van der Waals surface area contributed by atoms with E-state index in [0.29, 0.717) is 10.8 Å². The van der Waals surface area contributed by atoms with Crippen LogP contribution in [0.5, 0.6) is 5.88 Å². The van der Waals surface area contributed by atoms with Gasteiger partial charge in [-0.25, -0.2) is 4.68 Å². The molecule has 0 radical (unpaired) electrons. The number of ether oxygens (including phenoxy) is 1. The van der Waals surface area contributed by atoms with Crippen molar-refractivity contribution >= 4 is 23.3 Å². The molecule has 25 heavy (non-hydrogen) atoms. The molecule has 0 aliphatic rings. The highest BCUT2D eigenvalue weighted by Crippen LogP contribution is 2.25. The maximum Gasteiger partial charge on any atom is 0.266 e. The van der Waals surface area contributed by atoms with Crippen molar-refractivity contribution in [3.63, 3.8) is 0 Å². The Morgan fingerprint density at radius 3 is 2.64 bits per heavy atom. The molecule has 0 saturated heterocycles. The normalized spacial score (nSPS) is 12.0. The number of aryl methyl sites for hydroxylation is 2. The van der Waals surface area contributed by atoms with Gasteiger partial charge in [-0.15, -0.1) is 5.10 Å². The van der Waals surface area contributed by atoms with Crippen molar-refractivity contribution in [2.75, 3.05) is 5.32 Å². The number of aromatic nitrogens is 4. The number of anilines is 1. The molecular formula is C17H18ClN5O2. The van der Waals surface area contributed by atoms with E-state index in [1.165, 1.54) is 0 Å². The third-order valence-corrected chi connectivity index (χ3v) is 3.83. The van der Waals surface area contributed by atoms with Crippen molar-refractivity contribution in [2.24, 2.45) is 7.05 Å². The fourth-order valence-corrected chi connectivity index (χ4v) is 2.48. The Labute approximate surface area is 150 Å². The highest BCUT2D eigenvalue weighted by molar-refractivity contribution is 6.31. The summed E-state index contributed by atoms with van der Waals surface area (Å²) in [4.78, 5) is 12.3. The zero-order valence-electron chi connectivity index (χ0n) is 14.1. The van der Waals surface area contributed by atoms with Crippen LogP contribution in [0.25, 0.3) is 5.69 Å². The molecule has 1 atom stereocenters. The van der Waals surface area contributed by atoms with Crippen LogP contribution in [0.1, 0.15) is 12.6 Å².